The minimum atomic E-state index is -4.23. The minimum Gasteiger partial charge on any atom is -0.352 e. The molecule has 0 aliphatic rings. The van der Waals surface area contributed by atoms with Crippen LogP contribution in [0.5, 0.6) is 0 Å². The molecule has 3 aromatic rings. The molecule has 0 fully saturated rings. The summed E-state index contributed by atoms with van der Waals surface area (Å²) in [6.07, 6.45) is 0.487. The molecule has 0 saturated carbocycles. The molecule has 0 aliphatic heterocycles. The van der Waals surface area contributed by atoms with Gasteiger partial charge in [-0.05, 0) is 76.1 Å². The number of sulfonamides is 1. The molecule has 0 spiro atoms. The zero-order chi connectivity index (χ0) is 27.9. The Kier molecular flexibility index (Phi) is 9.63. The number of nitrogens with zero attached hydrogens (tertiary/aromatic N) is 2. The zero-order valence-corrected chi connectivity index (χ0v) is 22.9. The van der Waals surface area contributed by atoms with Gasteiger partial charge in [0.25, 0.3) is 10.0 Å². The molecule has 3 rings (SSSR count). The third-order valence-electron chi connectivity index (χ3n) is 6.08. The van der Waals surface area contributed by atoms with E-state index in [0.717, 1.165) is 27.6 Å². The van der Waals surface area contributed by atoms with Crippen LogP contribution in [-0.2, 0) is 26.0 Å². The first-order valence-corrected chi connectivity index (χ1v) is 13.9. The first kappa shape index (κ1) is 28.8. The van der Waals surface area contributed by atoms with E-state index >= 15 is 0 Å². The summed E-state index contributed by atoms with van der Waals surface area (Å²) in [5.74, 6) is -1.43. The average Bonchev–Trinajstić information content (AvgIpc) is 2.88. The molecule has 9 heteroatoms. The van der Waals surface area contributed by atoms with E-state index in [-0.39, 0.29) is 29.1 Å². The van der Waals surface area contributed by atoms with Crippen LogP contribution in [0.1, 0.15) is 31.9 Å². The van der Waals surface area contributed by atoms with Crippen molar-refractivity contribution in [2.75, 3.05) is 17.4 Å². The number of aryl methyl sites for hydroxylation is 1. The van der Waals surface area contributed by atoms with Crippen molar-refractivity contribution in [3.8, 4) is 0 Å². The number of carbonyl (C=O) groups excluding carboxylic acids is 2. The monoisotopic (exact) mass is 539 g/mol. The fourth-order valence-corrected chi connectivity index (χ4v) is 5.36. The molecule has 3 aromatic carbocycles. The van der Waals surface area contributed by atoms with Crippen LogP contribution in [0.3, 0.4) is 0 Å². The molecule has 0 aliphatic carbocycles. The van der Waals surface area contributed by atoms with Gasteiger partial charge in [0.15, 0.2) is 0 Å². The Morgan fingerprint density at radius 3 is 2.08 bits per heavy atom. The number of rotatable bonds is 11. The number of halogens is 1. The van der Waals surface area contributed by atoms with Crippen molar-refractivity contribution >= 4 is 27.5 Å². The van der Waals surface area contributed by atoms with E-state index in [1.54, 1.807) is 31.2 Å². The summed E-state index contributed by atoms with van der Waals surface area (Å²) in [6.45, 7) is 6.84. The van der Waals surface area contributed by atoms with Gasteiger partial charge >= 0.3 is 0 Å². The van der Waals surface area contributed by atoms with Crippen LogP contribution >= 0.6 is 0 Å². The molecule has 0 unspecified atom stereocenters. The Bertz CT molecular complexity index is 1330. The van der Waals surface area contributed by atoms with E-state index in [0.29, 0.717) is 6.42 Å². The lowest BCUT2D eigenvalue weighted by molar-refractivity contribution is -0.139. The highest BCUT2D eigenvalue weighted by Gasteiger charge is 2.32. The molecule has 2 amide bonds. The molecule has 7 nitrogen and oxygen atoms in total. The van der Waals surface area contributed by atoms with Gasteiger partial charge in [0.05, 0.1) is 10.6 Å². The highest BCUT2D eigenvalue weighted by Crippen LogP contribution is 2.25. The zero-order valence-electron chi connectivity index (χ0n) is 22.1. The third-order valence-corrected chi connectivity index (χ3v) is 7.87. The van der Waals surface area contributed by atoms with Crippen molar-refractivity contribution in [1.29, 1.82) is 0 Å². The molecule has 0 aromatic heterocycles. The fourth-order valence-electron chi connectivity index (χ4n) is 3.95. The Morgan fingerprint density at radius 1 is 0.895 bits per heavy atom. The molecule has 0 bridgehead atoms. The maximum Gasteiger partial charge on any atom is 0.264 e. The number of carbonyl (C=O) groups is 2. The van der Waals surface area contributed by atoms with Gasteiger partial charge in [-0.1, -0.05) is 48.0 Å². The number of benzene rings is 3. The molecule has 1 N–H and O–H groups in total. The Morgan fingerprint density at radius 2 is 1.50 bits per heavy atom. The lowest BCUT2D eigenvalue weighted by Crippen LogP contribution is -2.53. The van der Waals surface area contributed by atoms with Crippen molar-refractivity contribution < 1.29 is 22.4 Å². The SMILES string of the molecule is Cc1ccc(N(CC(=O)N(CCc2ccccc2)[C@@H](C)C(=O)NC(C)C)S(=O)(=O)c2ccc(F)cc2)cc1. The second kappa shape index (κ2) is 12.7. The molecule has 0 saturated heterocycles. The second-order valence-corrected chi connectivity index (χ2v) is 11.3. The normalized spacial score (nSPS) is 12.2. The topological polar surface area (TPSA) is 86.8 Å². The van der Waals surface area contributed by atoms with Gasteiger partial charge in [0.2, 0.25) is 11.8 Å². The van der Waals surface area contributed by atoms with E-state index in [4.69, 9.17) is 0 Å². The predicted molar refractivity (Wildman–Crippen MR) is 147 cm³/mol. The maximum absolute atomic E-state index is 13.8. The van der Waals surface area contributed by atoms with E-state index < -0.39 is 34.3 Å². The van der Waals surface area contributed by atoms with Crippen molar-refractivity contribution in [2.45, 2.75) is 51.1 Å². The van der Waals surface area contributed by atoms with E-state index in [2.05, 4.69) is 5.32 Å². The molecule has 1 atom stereocenters. The first-order valence-electron chi connectivity index (χ1n) is 12.5. The molecular weight excluding hydrogens is 505 g/mol. The smallest absolute Gasteiger partial charge is 0.264 e. The Hall–Kier alpha value is -3.72. The fraction of sp³-hybridized carbons (Fsp3) is 0.310. The van der Waals surface area contributed by atoms with Gasteiger partial charge in [-0.3, -0.25) is 13.9 Å². The summed E-state index contributed by atoms with van der Waals surface area (Å²) in [5, 5.41) is 2.83. The molecule has 202 valence electrons. The third kappa shape index (κ3) is 7.41. The number of amides is 2. The number of hydrogen-bond acceptors (Lipinski definition) is 4. The quantitative estimate of drug-likeness (QED) is 0.393. The summed E-state index contributed by atoms with van der Waals surface area (Å²) in [4.78, 5) is 27.9. The van der Waals surface area contributed by atoms with E-state index in [1.807, 2.05) is 51.1 Å². The molecule has 0 radical (unpaired) electrons. The minimum absolute atomic E-state index is 0.126. The summed E-state index contributed by atoms with van der Waals surface area (Å²) in [6, 6.07) is 19.8. The lowest BCUT2D eigenvalue weighted by atomic mass is 10.1. The standard InChI is InChI=1S/C29H34FN3O4S/c1-21(2)31-29(35)23(4)32(19-18-24-8-6-5-7-9-24)28(34)20-33(26-14-10-22(3)11-15-26)38(36,37)27-16-12-25(30)13-17-27/h5-17,21,23H,18-20H2,1-4H3,(H,31,35)/t23-/m0/s1. The average molecular weight is 540 g/mol. The Balaban J connectivity index is 1.97. The van der Waals surface area contributed by atoms with Crippen LogP contribution in [0.15, 0.2) is 83.8 Å². The predicted octanol–water partition coefficient (Wildman–Crippen LogP) is 4.31. The van der Waals surface area contributed by atoms with Crippen molar-refractivity contribution in [1.82, 2.24) is 10.2 Å². The highest BCUT2D eigenvalue weighted by molar-refractivity contribution is 7.92. The number of nitrogens with one attached hydrogen (secondary N) is 1. The van der Waals surface area contributed by atoms with Crippen LogP contribution in [0, 0.1) is 12.7 Å². The summed E-state index contributed by atoms with van der Waals surface area (Å²) in [5.41, 5.74) is 2.19. The summed E-state index contributed by atoms with van der Waals surface area (Å²) >= 11 is 0. The van der Waals surface area contributed by atoms with E-state index in [1.165, 1.54) is 17.0 Å². The Labute approximate surface area is 224 Å². The van der Waals surface area contributed by atoms with Crippen LogP contribution < -0.4 is 9.62 Å². The lowest BCUT2D eigenvalue weighted by Gasteiger charge is -2.32. The maximum atomic E-state index is 13.8. The molecular formula is C29H34FN3O4S. The molecule has 0 heterocycles. The van der Waals surface area contributed by atoms with Gasteiger partial charge in [0.1, 0.15) is 18.4 Å². The van der Waals surface area contributed by atoms with Crippen molar-refractivity contribution in [3.05, 3.63) is 95.8 Å². The van der Waals surface area contributed by atoms with Crippen LogP contribution in [0.4, 0.5) is 10.1 Å². The van der Waals surface area contributed by atoms with Crippen LogP contribution in [-0.4, -0.2) is 50.3 Å². The van der Waals surface area contributed by atoms with Crippen molar-refractivity contribution in [3.63, 3.8) is 0 Å². The second-order valence-electron chi connectivity index (χ2n) is 9.46. The first-order chi connectivity index (χ1) is 18.0. The summed E-state index contributed by atoms with van der Waals surface area (Å²) in [7, 11) is -4.23. The molecule has 38 heavy (non-hydrogen) atoms. The van der Waals surface area contributed by atoms with Gasteiger partial charge in [-0.25, -0.2) is 12.8 Å². The van der Waals surface area contributed by atoms with Gasteiger partial charge in [-0.15, -0.1) is 0 Å². The van der Waals surface area contributed by atoms with Crippen LogP contribution in [0.2, 0.25) is 0 Å². The van der Waals surface area contributed by atoms with E-state index in [9.17, 15) is 22.4 Å². The van der Waals surface area contributed by atoms with Gasteiger partial charge in [0, 0.05) is 12.6 Å². The largest absolute Gasteiger partial charge is 0.352 e. The van der Waals surface area contributed by atoms with Gasteiger partial charge in [-0.2, -0.15) is 0 Å². The highest BCUT2D eigenvalue weighted by atomic mass is 32.2. The summed E-state index contributed by atoms with van der Waals surface area (Å²) < 4.78 is 41.9. The van der Waals surface area contributed by atoms with Crippen LogP contribution in [0.25, 0.3) is 0 Å². The number of anilines is 1. The number of hydrogen-bond donors (Lipinski definition) is 1. The van der Waals surface area contributed by atoms with Gasteiger partial charge < -0.3 is 10.2 Å². The van der Waals surface area contributed by atoms with Crippen molar-refractivity contribution in [2.24, 2.45) is 0 Å².